The number of ether oxygens (including phenoxy) is 1. The highest BCUT2D eigenvalue weighted by Gasteiger charge is 2.19. The van der Waals surface area contributed by atoms with Gasteiger partial charge < -0.3 is 10.5 Å². The van der Waals surface area contributed by atoms with Gasteiger partial charge in [-0.3, -0.25) is 0 Å². The van der Waals surface area contributed by atoms with Gasteiger partial charge in [0.15, 0.2) is 0 Å². The van der Waals surface area contributed by atoms with Crippen molar-refractivity contribution in [3.05, 3.63) is 27.7 Å². The SMILES string of the molecule is CCC(C)SCC(N)Cc1cc(Br)cc2c1OCC2. The van der Waals surface area contributed by atoms with E-state index in [1.165, 1.54) is 17.5 Å². The first-order valence-corrected chi connectivity index (χ1v) is 8.75. The normalized spacial score (nSPS) is 16.8. The first-order valence-electron chi connectivity index (χ1n) is 6.91. The Morgan fingerprint density at radius 1 is 1.47 bits per heavy atom. The molecule has 1 aromatic rings. The van der Waals surface area contributed by atoms with Gasteiger partial charge in [0.25, 0.3) is 0 Å². The Kier molecular flexibility index (Phi) is 5.60. The molecule has 0 bridgehead atoms. The second-order valence-electron chi connectivity index (χ2n) is 5.17. The molecule has 19 heavy (non-hydrogen) atoms. The highest BCUT2D eigenvalue weighted by atomic mass is 79.9. The van der Waals surface area contributed by atoms with Crippen molar-refractivity contribution in [2.75, 3.05) is 12.4 Å². The van der Waals surface area contributed by atoms with Crippen LogP contribution in [0, 0.1) is 0 Å². The van der Waals surface area contributed by atoms with Crippen LogP contribution in [0.2, 0.25) is 0 Å². The van der Waals surface area contributed by atoms with E-state index in [0.29, 0.717) is 5.25 Å². The van der Waals surface area contributed by atoms with E-state index in [0.717, 1.165) is 35.4 Å². The lowest BCUT2D eigenvalue weighted by molar-refractivity contribution is 0.353. The first kappa shape index (κ1) is 15.2. The van der Waals surface area contributed by atoms with E-state index in [9.17, 15) is 0 Å². The topological polar surface area (TPSA) is 35.2 Å². The summed E-state index contributed by atoms with van der Waals surface area (Å²) in [6, 6.07) is 4.50. The van der Waals surface area contributed by atoms with E-state index >= 15 is 0 Å². The van der Waals surface area contributed by atoms with Gasteiger partial charge in [0.1, 0.15) is 5.75 Å². The van der Waals surface area contributed by atoms with Gasteiger partial charge >= 0.3 is 0 Å². The van der Waals surface area contributed by atoms with Gasteiger partial charge in [-0.25, -0.2) is 0 Å². The van der Waals surface area contributed by atoms with E-state index < -0.39 is 0 Å². The zero-order valence-electron chi connectivity index (χ0n) is 11.6. The largest absolute Gasteiger partial charge is 0.493 e. The fraction of sp³-hybridized carbons (Fsp3) is 0.600. The molecule has 1 heterocycles. The molecule has 2 N–H and O–H groups in total. The third-order valence-corrected chi connectivity index (χ3v) is 5.46. The molecule has 1 aliphatic rings. The van der Waals surface area contributed by atoms with Crippen molar-refractivity contribution in [2.45, 2.75) is 44.4 Å². The van der Waals surface area contributed by atoms with Gasteiger partial charge in [-0.2, -0.15) is 11.8 Å². The summed E-state index contributed by atoms with van der Waals surface area (Å²) >= 11 is 5.54. The lowest BCUT2D eigenvalue weighted by atomic mass is 10.0. The molecule has 4 heteroatoms. The molecule has 0 aromatic heterocycles. The Morgan fingerprint density at radius 2 is 2.26 bits per heavy atom. The summed E-state index contributed by atoms with van der Waals surface area (Å²) in [6.07, 6.45) is 3.11. The number of hydrogen-bond acceptors (Lipinski definition) is 3. The van der Waals surface area contributed by atoms with Crippen LogP contribution in [0.25, 0.3) is 0 Å². The van der Waals surface area contributed by atoms with Crippen LogP contribution in [0.3, 0.4) is 0 Å². The minimum atomic E-state index is 0.196. The van der Waals surface area contributed by atoms with Gasteiger partial charge in [0.2, 0.25) is 0 Å². The van der Waals surface area contributed by atoms with Crippen molar-refractivity contribution in [3.63, 3.8) is 0 Å². The fourth-order valence-corrected chi connectivity index (χ4v) is 3.73. The maximum Gasteiger partial charge on any atom is 0.125 e. The molecule has 2 nitrogen and oxygen atoms in total. The average Bonchev–Trinajstić information content (AvgIpc) is 2.84. The average molecular weight is 344 g/mol. The van der Waals surface area contributed by atoms with E-state index in [4.69, 9.17) is 10.5 Å². The maximum atomic E-state index is 6.26. The molecule has 1 aromatic carbocycles. The Bertz CT molecular complexity index is 438. The van der Waals surface area contributed by atoms with Crippen LogP contribution in [0.4, 0.5) is 0 Å². The molecule has 1 aliphatic heterocycles. The van der Waals surface area contributed by atoms with Gasteiger partial charge in [0.05, 0.1) is 6.61 Å². The number of nitrogens with two attached hydrogens (primary N) is 1. The summed E-state index contributed by atoms with van der Waals surface area (Å²) in [5.74, 6) is 2.09. The third kappa shape index (κ3) is 4.14. The Morgan fingerprint density at radius 3 is 3.00 bits per heavy atom. The zero-order valence-corrected chi connectivity index (χ0v) is 14.0. The second-order valence-corrected chi connectivity index (χ2v) is 7.56. The lowest BCUT2D eigenvalue weighted by Crippen LogP contribution is -2.26. The molecule has 0 amide bonds. The quantitative estimate of drug-likeness (QED) is 0.853. The predicted molar refractivity (Wildman–Crippen MR) is 87.2 cm³/mol. The van der Waals surface area contributed by atoms with Crippen LogP contribution in [-0.4, -0.2) is 23.7 Å². The summed E-state index contributed by atoms with van der Waals surface area (Å²) in [5.41, 5.74) is 8.82. The molecule has 0 radical (unpaired) electrons. The summed E-state index contributed by atoms with van der Waals surface area (Å²) in [6.45, 7) is 5.28. The Balaban J connectivity index is 1.99. The predicted octanol–water partition coefficient (Wildman–Crippen LogP) is 3.79. The maximum absolute atomic E-state index is 6.26. The molecule has 106 valence electrons. The monoisotopic (exact) mass is 343 g/mol. The summed E-state index contributed by atoms with van der Waals surface area (Å²) in [4.78, 5) is 0. The van der Waals surface area contributed by atoms with Crippen LogP contribution < -0.4 is 10.5 Å². The zero-order chi connectivity index (χ0) is 13.8. The van der Waals surface area contributed by atoms with Crippen molar-refractivity contribution in [3.8, 4) is 5.75 Å². The Hall–Kier alpha value is -0.190. The minimum absolute atomic E-state index is 0.196. The van der Waals surface area contributed by atoms with Crippen LogP contribution in [-0.2, 0) is 12.8 Å². The number of thioether (sulfide) groups is 1. The fourth-order valence-electron chi connectivity index (χ4n) is 2.24. The van der Waals surface area contributed by atoms with E-state index in [2.05, 4.69) is 41.9 Å². The van der Waals surface area contributed by atoms with E-state index in [1.807, 2.05) is 11.8 Å². The van der Waals surface area contributed by atoms with E-state index in [-0.39, 0.29) is 6.04 Å². The van der Waals surface area contributed by atoms with Gasteiger partial charge in [0, 0.05) is 27.9 Å². The number of benzene rings is 1. The lowest BCUT2D eigenvalue weighted by Gasteiger charge is -2.16. The molecule has 0 aliphatic carbocycles. The molecule has 2 rings (SSSR count). The second kappa shape index (κ2) is 7.00. The Labute approximate surface area is 128 Å². The highest BCUT2D eigenvalue weighted by Crippen LogP contribution is 2.33. The van der Waals surface area contributed by atoms with Crippen LogP contribution in [0.1, 0.15) is 31.4 Å². The first-order chi connectivity index (χ1) is 9.10. The highest BCUT2D eigenvalue weighted by molar-refractivity contribution is 9.10. The molecule has 2 atom stereocenters. The van der Waals surface area contributed by atoms with Crippen LogP contribution in [0.5, 0.6) is 5.75 Å². The van der Waals surface area contributed by atoms with Gasteiger partial charge in [-0.15, -0.1) is 0 Å². The number of hydrogen-bond donors (Lipinski definition) is 1. The molecular formula is C15H22BrNOS. The number of rotatable bonds is 6. The summed E-state index contributed by atoms with van der Waals surface area (Å²) in [5, 5.41) is 0.690. The smallest absolute Gasteiger partial charge is 0.125 e. The third-order valence-electron chi connectivity index (χ3n) is 3.48. The number of halogens is 1. The summed E-state index contributed by atoms with van der Waals surface area (Å²) < 4.78 is 6.88. The molecule has 0 saturated carbocycles. The van der Waals surface area contributed by atoms with Gasteiger partial charge in [-0.05, 0) is 36.1 Å². The minimum Gasteiger partial charge on any atom is -0.493 e. The van der Waals surface area contributed by atoms with Crippen LogP contribution in [0.15, 0.2) is 16.6 Å². The molecule has 0 spiro atoms. The van der Waals surface area contributed by atoms with Crippen molar-refractivity contribution in [2.24, 2.45) is 5.73 Å². The molecular weight excluding hydrogens is 322 g/mol. The molecule has 0 saturated heterocycles. The number of fused-ring (bicyclic) bond motifs is 1. The van der Waals surface area contributed by atoms with Crippen LogP contribution >= 0.6 is 27.7 Å². The van der Waals surface area contributed by atoms with Gasteiger partial charge in [-0.1, -0.05) is 29.8 Å². The van der Waals surface area contributed by atoms with Crippen molar-refractivity contribution < 1.29 is 4.74 Å². The summed E-state index contributed by atoms with van der Waals surface area (Å²) in [7, 11) is 0. The van der Waals surface area contributed by atoms with Crippen molar-refractivity contribution in [1.29, 1.82) is 0 Å². The van der Waals surface area contributed by atoms with Crippen molar-refractivity contribution in [1.82, 2.24) is 0 Å². The van der Waals surface area contributed by atoms with Crippen molar-refractivity contribution >= 4 is 27.7 Å². The standard InChI is InChI=1S/C15H22BrNOS/c1-3-10(2)19-9-14(17)8-12-7-13(16)6-11-4-5-18-15(11)12/h6-7,10,14H,3-5,8-9,17H2,1-2H3. The molecule has 2 unspecified atom stereocenters. The van der Waals surface area contributed by atoms with E-state index in [1.54, 1.807) is 0 Å². The molecule has 0 fully saturated rings.